The Morgan fingerprint density at radius 1 is 1.82 bits per heavy atom. The van der Waals surface area contributed by atoms with Crippen LogP contribution in [-0.2, 0) is 7.05 Å². The van der Waals surface area contributed by atoms with Crippen LogP contribution in [0.3, 0.4) is 0 Å². The summed E-state index contributed by atoms with van der Waals surface area (Å²) in [6, 6.07) is 0. The second kappa shape index (κ2) is 2.43. The number of nitrogen functional groups attached to an aromatic ring is 1. The molecule has 0 aliphatic rings. The van der Waals surface area contributed by atoms with Crippen LogP contribution < -0.4 is 5.73 Å². The first-order valence-corrected chi connectivity index (χ1v) is 3.13. The van der Waals surface area contributed by atoms with Crippen LogP contribution in [-0.4, -0.2) is 20.9 Å². The highest BCUT2D eigenvalue weighted by Gasteiger charge is 2.18. The van der Waals surface area contributed by atoms with E-state index in [1.807, 2.05) is 0 Å². The average Bonchev–Trinajstić information content (AvgIpc) is 2.07. The molecule has 0 atom stereocenters. The van der Waals surface area contributed by atoms with Crippen LogP contribution >= 0.6 is 11.6 Å². The summed E-state index contributed by atoms with van der Waals surface area (Å²) in [4.78, 5) is 10.4. The Morgan fingerprint density at radius 3 is 2.55 bits per heavy atom. The highest BCUT2D eigenvalue weighted by molar-refractivity contribution is 6.33. The SMILES string of the molecule is Cn1nc(Cl)c(C(=O)O)c1N. The maximum atomic E-state index is 10.4. The summed E-state index contributed by atoms with van der Waals surface area (Å²) >= 11 is 5.45. The molecule has 0 bridgehead atoms. The predicted octanol–water partition coefficient (Wildman–Crippen LogP) is 0.354. The van der Waals surface area contributed by atoms with Gasteiger partial charge >= 0.3 is 5.97 Å². The van der Waals surface area contributed by atoms with Gasteiger partial charge < -0.3 is 10.8 Å². The van der Waals surface area contributed by atoms with E-state index in [0.29, 0.717) is 0 Å². The zero-order chi connectivity index (χ0) is 8.59. The van der Waals surface area contributed by atoms with Crippen LogP contribution in [0.5, 0.6) is 0 Å². The van der Waals surface area contributed by atoms with Gasteiger partial charge in [-0.1, -0.05) is 11.6 Å². The summed E-state index contributed by atoms with van der Waals surface area (Å²) in [6.07, 6.45) is 0. The number of carboxylic acids is 1. The molecule has 0 saturated heterocycles. The standard InChI is InChI=1S/C5H6ClN3O2/c1-9-4(7)2(5(10)11)3(6)8-9/h7H2,1H3,(H,10,11). The lowest BCUT2D eigenvalue weighted by Gasteiger charge is -1.92. The molecular weight excluding hydrogens is 170 g/mol. The maximum Gasteiger partial charge on any atom is 0.342 e. The summed E-state index contributed by atoms with van der Waals surface area (Å²) in [6.45, 7) is 0. The van der Waals surface area contributed by atoms with Gasteiger partial charge in [0.05, 0.1) is 0 Å². The second-order valence-electron chi connectivity index (χ2n) is 1.98. The molecule has 0 aliphatic carbocycles. The number of rotatable bonds is 1. The van der Waals surface area contributed by atoms with E-state index >= 15 is 0 Å². The Kier molecular flexibility index (Phi) is 1.74. The number of nitrogens with two attached hydrogens (primary N) is 1. The average molecular weight is 176 g/mol. The minimum absolute atomic E-state index is 0.0579. The largest absolute Gasteiger partial charge is 0.477 e. The zero-order valence-electron chi connectivity index (χ0n) is 5.71. The van der Waals surface area contributed by atoms with Crippen molar-refractivity contribution in [3.05, 3.63) is 10.7 Å². The number of aryl methyl sites for hydroxylation is 1. The normalized spacial score (nSPS) is 10.0. The number of aromatic nitrogens is 2. The number of hydrogen-bond donors (Lipinski definition) is 2. The Bertz CT molecular complexity index is 307. The van der Waals surface area contributed by atoms with Gasteiger partial charge in [0.1, 0.15) is 11.4 Å². The molecular formula is C5H6ClN3O2. The number of anilines is 1. The molecule has 1 rings (SSSR count). The van der Waals surface area contributed by atoms with Crippen LogP contribution in [0.15, 0.2) is 0 Å². The topological polar surface area (TPSA) is 81.1 Å². The third-order valence-electron chi connectivity index (χ3n) is 1.26. The molecule has 0 amide bonds. The predicted molar refractivity (Wildman–Crippen MR) is 39.6 cm³/mol. The molecule has 0 radical (unpaired) electrons. The first-order chi connectivity index (χ1) is 5.04. The summed E-state index contributed by atoms with van der Waals surface area (Å²) in [5, 5.41) is 12.1. The fraction of sp³-hybridized carbons (Fsp3) is 0.200. The quantitative estimate of drug-likeness (QED) is 0.646. The molecule has 0 aliphatic heterocycles. The Balaban J connectivity index is 3.34. The van der Waals surface area contributed by atoms with Crippen molar-refractivity contribution in [2.24, 2.45) is 7.05 Å². The van der Waals surface area contributed by atoms with Gasteiger partial charge in [0.25, 0.3) is 0 Å². The fourth-order valence-corrected chi connectivity index (χ4v) is 0.992. The number of carboxylic acid groups (broad SMARTS) is 1. The molecule has 1 aromatic heterocycles. The molecule has 0 unspecified atom stereocenters. The van der Waals surface area contributed by atoms with Gasteiger partial charge in [-0.15, -0.1) is 0 Å². The lowest BCUT2D eigenvalue weighted by molar-refractivity contribution is 0.0698. The summed E-state index contributed by atoms with van der Waals surface area (Å²) in [5.74, 6) is -1.11. The van der Waals surface area contributed by atoms with Crippen molar-refractivity contribution < 1.29 is 9.90 Å². The highest BCUT2D eigenvalue weighted by atomic mass is 35.5. The van der Waals surface area contributed by atoms with Crippen molar-refractivity contribution in [3.63, 3.8) is 0 Å². The van der Waals surface area contributed by atoms with Gasteiger partial charge in [0, 0.05) is 7.05 Å². The van der Waals surface area contributed by atoms with Gasteiger partial charge in [-0.2, -0.15) is 5.10 Å². The van der Waals surface area contributed by atoms with E-state index in [2.05, 4.69) is 5.10 Å². The lowest BCUT2D eigenvalue weighted by Crippen LogP contribution is -2.03. The fourth-order valence-electron chi connectivity index (χ4n) is 0.701. The first kappa shape index (κ1) is 7.87. The Hall–Kier alpha value is -1.23. The number of hydrogen-bond acceptors (Lipinski definition) is 3. The van der Waals surface area contributed by atoms with E-state index in [1.165, 1.54) is 11.7 Å². The van der Waals surface area contributed by atoms with Gasteiger partial charge in [-0.05, 0) is 0 Å². The van der Waals surface area contributed by atoms with Crippen LogP contribution in [0.2, 0.25) is 5.15 Å². The lowest BCUT2D eigenvalue weighted by atomic mass is 10.3. The van der Waals surface area contributed by atoms with E-state index in [1.54, 1.807) is 0 Å². The first-order valence-electron chi connectivity index (χ1n) is 2.75. The van der Waals surface area contributed by atoms with Gasteiger partial charge in [-0.3, -0.25) is 4.68 Å². The molecule has 0 spiro atoms. The monoisotopic (exact) mass is 175 g/mol. The molecule has 1 heterocycles. The second-order valence-corrected chi connectivity index (χ2v) is 2.34. The van der Waals surface area contributed by atoms with Crippen molar-refractivity contribution >= 4 is 23.4 Å². The van der Waals surface area contributed by atoms with Crippen LogP contribution in [0.1, 0.15) is 10.4 Å². The molecule has 60 valence electrons. The van der Waals surface area contributed by atoms with Gasteiger partial charge in [-0.25, -0.2) is 4.79 Å². The van der Waals surface area contributed by atoms with Crippen LogP contribution in [0.25, 0.3) is 0 Å². The number of carbonyl (C=O) groups is 1. The molecule has 0 fully saturated rings. The smallest absolute Gasteiger partial charge is 0.342 e. The molecule has 11 heavy (non-hydrogen) atoms. The minimum Gasteiger partial charge on any atom is -0.477 e. The van der Waals surface area contributed by atoms with E-state index in [0.717, 1.165) is 0 Å². The highest BCUT2D eigenvalue weighted by Crippen LogP contribution is 2.19. The molecule has 5 nitrogen and oxygen atoms in total. The van der Waals surface area contributed by atoms with Crippen molar-refractivity contribution in [2.45, 2.75) is 0 Å². The van der Waals surface area contributed by atoms with Crippen molar-refractivity contribution in [1.82, 2.24) is 9.78 Å². The molecule has 3 N–H and O–H groups in total. The number of halogens is 1. The summed E-state index contributed by atoms with van der Waals surface area (Å²) in [5.41, 5.74) is 5.20. The van der Waals surface area contributed by atoms with E-state index in [-0.39, 0.29) is 16.5 Å². The number of aromatic carboxylic acids is 1. The summed E-state index contributed by atoms with van der Waals surface area (Å²) in [7, 11) is 1.52. The van der Waals surface area contributed by atoms with Crippen LogP contribution in [0, 0.1) is 0 Å². The van der Waals surface area contributed by atoms with Crippen molar-refractivity contribution in [3.8, 4) is 0 Å². The Morgan fingerprint density at radius 2 is 2.36 bits per heavy atom. The molecule has 0 saturated carbocycles. The van der Waals surface area contributed by atoms with Gasteiger partial charge in [0.2, 0.25) is 0 Å². The third-order valence-corrected chi connectivity index (χ3v) is 1.53. The van der Waals surface area contributed by atoms with Crippen molar-refractivity contribution in [1.29, 1.82) is 0 Å². The van der Waals surface area contributed by atoms with E-state index < -0.39 is 5.97 Å². The molecule has 6 heteroatoms. The van der Waals surface area contributed by atoms with E-state index in [4.69, 9.17) is 22.4 Å². The van der Waals surface area contributed by atoms with Gasteiger partial charge in [0.15, 0.2) is 5.15 Å². The zero-order valence-corrected chi connectivity index (χ0v) is 6.46. The maximum absolute atomic E-state index is 10.4. The summed E-state index contributed by atoms with van der Waals surface area (Å²) < 4.78 is 1.21. The van der Waals surface area contributed by atoms with Crippen LogP contribution in [0.4, 0.5) is 5.82 Å². The Labute approximate surface area is 67.4 Å². The third kappa shape index (κ3) is 1.14. The molecule has 0 aromatic carbocycles. The minimum atomic E-state index is -1.17. The van der Waals surface area contributed by atoms with Crippen molar-refractivity contribution in [2.75, 3.05) is 5.73 Å². The molecule has 1 aromatic rings. The number of nitrogens with zero attached hydrogens (tertiary/aromatic N) is 2. The van der Waals surface area contributed by atoms with E-state index in [9.17, 15) is 4.79 Å².